The van der Waals surface area contributed by atoms with Gasteiger partial charge in [-0.05, 0) is 0 Å². The molecule has 3 aromatic carbocycles. The quantitative estimate of drug-likeness (QED) is 0.244. The van der Waals surface area contributed by atoms with Crippen molar-refractivity contribution in [2.24, 2.45) is 0 Å². The van der Waals surface area contributed by atoms with Gasteiger partial charge in [-0.25, -0.2) is 0 Å². The van der Waals surface area contributed by atoms with Crippen LogP contribution in [-0.4, -0.2) is 4.21 Å². The van der Waals surface area contributed by atoms with Crippen LogP contribution in [0.5, 0.6) is 0 Å². The third-order valence-electron chi connectivity index (χ3n) is 9.99. The molecule has 0 aliphatic heterocycles. The minimum atomic E-state index is -4.31. The molecule has 0 bridgehead atoms. The van der Waals surface area contributed by atoms with Gasteiger partial charge in [0.05, 0.1) is 0 Å². The maximum absolute atomic E-state index is 5.70. The average Bonchev–Trinajstić information content (AvgIpc) is 3.58. The van der Waals surface area contributed by atoms with Gasteiger partial charge >= 0.3 is 246 Å². The van der Waals surface area contributed by atoms with Crippen molar-refractivity contribution < 1.29 is 43.1 Å². The third kappa shape index (κ3) is 5.84. The Balaban J connectivity index is 0.00000242. The van der Waals surface area contributed by atoms with Gasteiger partial charge < -0.3 is 24.8 Å². The first-order valence-electron chi connectivity index (χ1n) is 15.2. The molecular weight excluding hydrogens is 631 g/mol. The molecule has 5 rings (SSSR count). The maximum Gasteiger partial charge on any atom is -1.00 e. The SMILES string of the molecule is C=CCCC[CH2][Zr](=[CH2])([c]1ccccc1)([CH]1C=CC=C1)[CH]1c2cc(C(C)(C)C)ccc2-c2ccc(C(C)(C)C)cc21.[Cl-].[Cl-]. The van der Waals surface area contributed by atoms with Gasteiger partial charge in [0.15, 0.2) is 0 Å². The fraction of sp³-hybridized carbons (Fsp3) is 0.359. The minimum absolute atomic E-state index is 0. The molecule has 0 radical (unpaired) electrons. The number of hydrogen-bond acceptors (Lipinski definition) is 0. The molecule has 0 N–H and O–H groups in total. The van der Waals surface area contributed by atoms with E-state index in [9.17, 15) is 0 Å². The molecule has 3 aromatic rings. The predicted octanol–water partition coefficient (Wildman–Crippen LogP) is 4.50. The molecule has 0 fully saturated rings. The first-order valence-corrected chi connectivity index (χ1v) is 22.8. The summed E-state index contributed by atoms with van der Waals surface area (Å²) in [7, 11) is 0. The topological polar surface area (TPSA) is 0 Å². The van der Waals surface area contributed by atoms with Crippen LogP contribution in [0, 0.1) is 0 Å². The zero-order chi connectivity index (χ0) is 28.8. The van der Waals surface area contributed by atoms with E-state index in [0.29, 0.717) is 7.25 Å². The normalized spacial score (nSPS) is 15.1. The molecule has 42 heavy (non-hydrogen) atoms. The van der Waals surface area contributed by atoms with Gasteiger partial charge in [0.25, 0.3) is 0 Å². The number of fused-ring (bicyclic) bond motifs is 3. The molecule has 3 heteroatoms. The van der Waals surface area contributed by atoms with E-state index in [1.807, 2.05) is 0 Å². The molecule has 0 nitrogen and oxygen atoms in total. The number of allylic oxidation sites excluding steroid dienone is 5. The Morgan fingerprint density at radius 3 is 1.67 bits per heavy atom. The van der Waals surface area contributed by atoms with Crippen molar-refractivity contribution in [1.82, 2.24) is 0 Å². The van der Waals surface area contributed by atoms with E-state index in [1.54, 1.807) is 0 Å². The number of unbranched alkanes of at least 4 members (excludes halogenated alkanes) is 2. The molecule has 2 aliphatic rings. The van der Waals surface area contributed by atoms with Gasteiger partial charge in [-0.1, -0.05) is 0 Å². The van der Waals surface area contributed by atoms with Crippen LogP contribution in [0.25, 0.3) is 11.1 Å². The summed E-state index contributed by atoms with van der Waals surface area (Å²) < 4.78 is 9.13. The largest absolute Gasteiger partial charge is 1.00 e. The summed E-state index contributed by atoms with van der Waals surface area (Å²) in [4.78, 5) is 0. The Morgan fingerprint density at radius 2 is 1.21 bits per heavy atom. The molecule has 0 atom stereocenters. The Hall–Kier alpha value is -1.79. The Labute approximate surface area is 268 Å². The van der Waals surface area contributed by atoms with E-state index in [1.165, 1.54) is 53.6 Å². The summed E-state index contributed by atoms with van der Waals surface area (Å²) in [6.45, 7) is 18.1. The van der Waals surface area contributed by atoms with Gasteiger partial charge in [0.2, 0.25) is 0 Å². The second-order valence-electron chi connectivity index (χ2n) is 14.6. The smallest absolute Gasteiger partial charge is 1.00 e. The third-order valence-corrected chi connectivity index (χ3v) is 28.3. The van der Waals surface area contributed by atoms with Gasteiger partial charge in [-0.2, -0.15) is 0 Å². The molecular formula is C39H48Cl2Zr-2. The molecule has 2 aliphatic carbocycles. The zero-order valence-corrected chi connectivity index (χ0v) is 30.4. The summed E-state index contributed by atoms with van der Waals surface area (Å²) >= 11 is -4.31. The Kier molecular flexibility index (Phi) is 10.5. The van der Waals surface area contributed by atoms with Crippen LogP contribution in [-0.2, 0) is 29.1 Å². The van der Waals surface area contributed by atoms with Crippen LogP contribution >= 0.6 is 0 Å². The van der Waals surface area contributed by atoms with E-state index in [-0.39, 0.29) is 35.6 Å². The number of halogens is 2. The number of hydrogen-bond donors (Lipinski definition) is 0. The van der Waals surface area contributed by atoms with Crippen molar-refractivity contribution >= 4 is 7.48 Å². The molecule has 0 aromatic heterocycles. The second-order valence-corrected chi connectivity index (χ2v) is 29.5. The maximum atomic E-state index is 5.70. The van der Waals surface area contributed by atoms with Crippen molar-refractivity contribution in [3.8, 4) is 11.1 Å². The summed E-state index contributed by atoms with van der Waals surface area (Å²) in [6.07, 6.45) is 15.1. The summed E-state index contributed by atoms with van der Waals surface area (Å²) in [6, 6.07) is 26.3. The summed E-state index contributed by atoms with van der Waals surface area (Å²) in [5, 5.41) is 0. The van der Waals surface area contributed by atoms with E-state index >= 15 is 0 Å². The van der Waals surface area contributed by atoms with Crippen molar-refractivity contribution in [3.05, 3.63) is 126 Å². The van der Waals surface area contributed by atoms with E-state index < -0.39 is 18.3 Å². The van der Waals surface area contributed by atoms with Crippen LogP contribution < -0.4 is 28.1 Å². The fourth-order valence-electron chi connectivity index (χ4n) is 7.58. The van der Waals surface area contributed by atoms with E-state index in [4.69, 9.17) is 4.21 Å². The minimum Gasteiger partial charge on any atom is -1.00 e. The van der Waals surface area contributed by atoms with Crippen LogP contribution in [0.3, 0.4) is 0 Å². The summed E-state index contributed by atoms with van der Waals surface area (Å²) in [5.74, 6) is 0. The standard InChI is InChI=1S/C21H25.C6H5.C6H11.C5H5.CH2.2ClH.Zr/c1-20(2,3)16-7-9-18-14(12-16)11-15-13-17(21(4,5)6)8-10-19(15)18;1-2-4-6-5-3-1;1-3-5-6-4-2;1-2-4-5-3-1;;;;/h7-13H,1-6H3;1-5H;3H,1-2,4-6H2;1-5H;1H2;2*1H;/p-2. The van der Waals surface area contributed by atoms with Gasteiger partial charge in [0.1, 0.15) is 0 Å². The van der Waals surface area contributed by atoms with E-state index in [0.717, 1.165) is 6.42 Å². The van der Waals surface area contributed by atoms with E-state index in [2.05, 4.69) is 145 Å². The van der Waals surface area contributed by atoms with Crippen LogP contribution in [0.15, 0.2) is 104 Å². The zero-order valence-electron chi connectivity index (χ0n) is 26.4. The van der Waals surface area contributed by atoms with Crippen LogP contribution in [0.4, 0.5) is 0 Å². The Bertz CT molecular complexity index is 1470. The second kappa shape index (κ2) is 12.7. The molecule has 0 amide bonds. The molecule has 0 saturated carbocycles. The molecule has 0 spiro atoms. The van der Waals surface area contributed by atoms with Crippen molar-refractivity contribution in [2.45, 2.75) is 83.0 Å². The first kappa shape index (κ1) is 34.7. The average molecular weight is 679 g/mol. The van der Waals surface area contributed by atoms with Crippen molar-refractivity contribution in [1.29, 1.82) is 0 Å². The fourth-order valence-corrected chi connectivity index (χ4v) is 25.7. The Morgan fingerprint density at radius 1 is 0.714 bits per heavy atom. The molecule has 0 saturated heterocycles. The van der Waals surface area contributed by atoms with Crippen molar-refractivity contribution in [2.75, 3.05) is 0 Å². The van der Waals surface area contributed by atoms with Gasteiger partial charge in [-0.3, -0.25) is 0 Å². The molecule has 224 valence electrons. The number of rotatable bonds is 8. The predicted molar refractivity (Wildman–Crippen MR) is 175 cm³/mol. The molecule has 0 unspecified atom stereocenters. The van der Waals surface area contributed by atoms with Crippen molar-refractivity contribution in [3.63, 3.8) is 0 Å². The number of benzene rings is 3. The van der Waals surface area contributed by atoms with Gasteiger partial charge in [-0.15, -0.1) is 0 Å². The van der Waals surface area contributed by atoms with Gasteiger partial charge in [0, 0.05) is 0 Å². The monoisotopic (exact) mass is 676 g/mol. The first-order chi connectivity index (χ1) is 18.9. The molecule has 0 heterocycles. The summed E-state index contributed by atoms with van der Waals surface area (Å²) in [5.41, 5.74) is 8.89. The van der Waals surface area contributed by atoms with Crippen LogP contribution in [0.1, 0.15) is 86.7 Å². The van der Waals surface area contributed by atoms with Crippen LogP contribution in [0.2, 0.25) is 7.75 Å².